The zero-order valence-electron chi connectivity index (χ0n) is 15.3. The van der Waals surface area contributed by atoms with Crippen LogP contribution in [-0.4, -0.2) is 24.8 Å². The van der Waals surface area contributed by atoms with Gasteiger partial charge in [0.15, 0.2) is 17.3 Å². The second-order valence-electron chi connectivity index (χ2n) is 6.17. The van der Waals surface area contributed by atoms with Crippen molar-refractivity contribution >= 4 is 21.7 Å². The van der Waals surface area contributed by atoms with Crippen molar-refractivity contribution < 1.29 is 14.3 Å². The summed E-state index contributed by atoms with van der Waals surface area (Å²) < 4.78 is 10.5. The Hall–Kier alpha value is -1.03. The first-order valence-electron chi connectivity index (χ1n) is 9.04. The summed E-state index contributed by atoms with van der Waals surface area (Å²) in [6.45, 7) is 2.24. The van der Waals surface area contributed by atoms with Crippen LogP contribution in [0.1, 0.15) is 75.1 Å². The largest absolute Gasteiger partial charge is 0.493 e. The first kappa shape index (κ1) is 21.0. The van der Waals surface area contributed by atoms with Gasteiger partial charge < -0.3 is 9.47 Å². The SMILES string of the molecule is CCCCCCCCCCC(Br)C(=O)c1ccc(OC)c(OC)c1. The lowest BCUT2D eigenvalue weighted by molar-refractivity contribution is 0.0987. The molecule has 0 radical (unpaired) electrons. The molecule has 0 saturated carbocycles. The number of alkyl halides is 1. The summed E-state index contributed by atoms with van der Waals surface area (Å²) in [6.07, 6.45) is 11.1. The highest BCUT2D eigenvalue weighted by Crippen LogP contribution is 2.29. The van der Waals surface area contributed by atoms with Crippen LogP contribution in [-0.2, 0) is 0 Å². The molecule has 0 spiro atoms. The van der Waals surface area contributed by atoms with Crippen LogP contribution in [0.3, 0.4) is 0 Å². The summed E-state index contributed by atoms with van der Waals surface area (Å²) in [5.74, 6) is 1.34. The van der Waals surface area contributed by atoms with E-state index in [0.29, 0.717) is 17.1 Å². The molecule has 24 heavy (non-hydrogen) atoms. The van der Waals surface area contributed by atoms with Crippen LogP contribution in [0.4, 0.5) is 0 Å². The summed E-state index contributed by atoms with van der Waals surface area (Å²) in [5, 5.41) is 0. The second-order valence-corrected chi connectivity index (χ2v) is 7.27. The average molecular weight is 399 g/mol. The molecule has 1 aromatic rings. The van der Waals surface area contributed by atoms with Gasteiger partial charge in [0, 0.05) is 5.56 Å². The number of unbranched alkanes of at least 4 members (excludes halogenated alkanes) is 7. The maximum absolute atomic E-state index is 12.5. The molecule has 0 aliphatic carbocycles. The number of carbonyl (C=O) groups is 1. The minimum atomic E-state index is -0.129. The van der Waals surface area contributed by atoms with Crippen molar-refractivity contribution in [1.29, 1.82) is 0 Å². The fraction of sp³-hybridized carbons (Fsp3) is 0.650. The van der Waals surface area contributed by atoms with Crippen LogP contribution in [0, 0.1) is 0 Å². The molecular formula is C20H31BrO3. The van der Waals surface area contributed by atoms with Crippen LogP contribution >= 0.6 is 15.9 Å². The van der Waals surface area contributed by atoms with Crippen molar-refractivity contribution in [2.24, 2.45) is 0 Å². The quantitative estimate of drug-likeness (QED) is 0.226. The average Bonchev–Trinajstić information content (AvgIpc) is 2.62. The fourth-order valence-electron chi connectivity index (χ4n) is 2.76. The zero-order chi connectivity index (χ0) is 17.8. The van der Waals surface area contributed by atoms with E-state index < -0.39 is 0 Å². The van der Waals surface area contributed by atoms with E-state index in [1.54, 1.807) is 32.4 Å². The third-order valence-corrected chi connectivity index (χ3v) is 5.14. The van der Waals surface area contributed by atoms with E-state index in [1.165, 1.54) is 44.9 Å². The first-order valence-corrected chi connectivity index (χ1v) is 9.95. The summed E-state index contributed by atoms with van der Waals surface area (Å²) in [5.41, 5.74) is 0.661. The number of hydrogen-bond donors (Lipinski definition) is 0. The van der Waals surface area contributed by atoms with E-state index in [-0.39, 0.29) is 10.6 Å². The molecule has 0 N–H and O–H groups in total. The summed E-state index contributed by atoms with van der Waals surface area (Å²) in [7, 11) is 3.17. The van der Waals surface area contributed by atoms with Gasteiger partial charge in [-0.3, -0.25) is 4.79 Å². The number of benzene rings is 1. The molecule has 1 rings (SSSR count). The highest BCUT2D eigenvalue weighted by atomic mass is 79.9. The Bertz CT molecular complexity index is 488. The molecule has 0 amide bonds. The van der Waals surface area contributed by atoms with Gasteiger partial charge in [-0.15, -0.1) is 0 Å². The minimum absolute atomic E-state index is 0.110. The number of hydrogen-bond acceptors (Lipinski definition) is 3. The molecular weight excluding hydrogens is 368 g/mol. The highest BCUT2D eigenvalue weighted by Gasteiger charge is 2.18. The van der Waals surface area contributed by atoms with Crippen molar-refractivity contribution in [2.75, 3.05) is 14.2 Å². The molecule has 0 heterocycles. The topological polar surface area (TPSA) is 35.5 Å². The normalized spacial score (nSPS) is 12.0. The molecule has 0 saturated heterocycles. The fourth-order valence-corrected chi connectivity index (χ4v) is 3.35. The molecule has 0 fully saturated rings. The monoisotopic (exact) mass is 398 g/mol. The Kier molecular flexibility index (Phi) is 10.8. The van der Waals surface area contributed by atoms with E-state index in [1.807, 2.05) is 0 Å². The van der Waals surface area contributed by atoms with Gasteiger partial charge in [-0.25, -0.2) is 0 Å². The zero-order valence-corrected chi connectivity index (χ0v) is 16.9. The van der Waals surface area contributed by atoms with E-state index in [4.69, 9.17) is 9.47 Å². The molecule has 0 aromatic heterocycles. The number of ether oxygens (including phenoxy) is 2. The van der Waals surface area contributed by atoms with Crippen molar-refractivity contribution in [1.82, 2.24) is 0 Å². The molecule has 0 aliphatic heterocycles. The molecule has 4 heteroatoms. The summed E-state index contributed by atoms with van der Waals surface area (Å²) >= 11 is 3.54. The highest BCUT2D eigenvalue weighted by molar-refractivity contribution is 9.10. The summed E-state index contributed by atoms with van der Waals surface area (Å²) in [4.78, 5) is 12.4. The number of Topliss-reactive ketones (excluding diaryl/α,β-unsaturated/α-hetero) is 1. The van der Waals surface area contributed by atoms with Crippen LogP contribution in [0.2, 0.25) is 0 Å². The molecule has 0 bridgehead atoms. The van der Waals surface area contributed by atoms with Gasteiger partial charge >= 0.3 is 0 Å². The number of carbonyl (C=O) groups excluding carboxylic acids is 1. The standard InChI is InChI=1S/C20H31BrO3/c1-4-5-6-7-8-9-10-11-12-17(21)20(22)16-13-14-18(23-2)19(15-16)24-3/h13-15,17H,4-12H2,1-3H3. The Labute approximate surface area is 155 Å². The molecule has 0 aliphatic rings. The van der Waals surface area contributed by atoms with Gasteiger partial charge in [0.1, 0.15) is 0 Å². The van der Waals surface area contributed by atoms with E-state index in [0.717, 1.165) is 12.8 Å². The first-order chi connectivity index (χ1) is 11.6. The van der Waals surface area contributed by atoms with Crippen LogP contribution in [0.5, 0.6) is 11.5 Å². The van der Waals surface area contributed by atoms with Gasteiger partial charge in [-0.2, -0.15) is 0 Å². The van der Waals surface area contributed by atoms with Crippen molar-refractivity contribution in [3.63, 3.8) is 0 Å². The van der Waals surface area contributed by atoms with Crippen LogP contribution < -0.4 is 9.47 Å². The number of halogens is 1. The molecule has 1 atom stereocenters. The Morgan fingerprint density at radius 3 is 2.12 bits per heavy atom. The smallest absolute Gasteiger partial charge is 0.176 e. The third kappa shape index (κ3) is 7.25. The number of ketones is 1. The van der Waals surface area contributed by atoms with Gasteiger partial charge in [0.05, 0.1) is 19.0 Å². The van der Waals surface area contributed by atoms with E-state index in [9.17, 15) is 4.79 Å². The predicted molar refractivity (Wildman–Crippen MR) is 104 cm³/mol. The predicted octanol–water partition coefficient (Wildman–Crippen LogP) is 6.18. The van der Waals surface area contributed by atoms with Crippen LogP contribution in [0.15, 0.2) is 18.2 Å². The van der Waals surface area contributed by atoms with Gasteiger partial charge in [-0.1, -0.05) is 74.2 Å². The van der Waals surface area contributed by atoms with Crippen molar-refractivity contribution in [3.05, 3.63) is 23.8 Å². The third-order valence-electron chi connectivity index (χ3n) is 4.26. The van der Waals surface area contributed by atoms with Crippen molar-refractivity contribution in [2.45, 2.75) is 69.5 Å². The molecule has 1 unspecified atom stereocenters. The molecule has 136 valence electrons. The number of methoxy groups -OCH3 is 2. The van der Waals surface area contributed by atoms with Gasteiger partial charge in [0.25, 0.3) is 0 Å². The number of rotatable bonds is 13. The Balaban J connectivity index is 2.34. The maximum Gasteiger partial charge on any atom is 0.176 e. The van der Waals surface area contributed by atoms with Crippen LogP contribution in [0.25, 0.3) is 0 Å². The van der Waals surface area contributed by atoms with E-state index in [2.05, 4.69) is 22.9 Å². The lowest BCUT2D eigenvalue weighted by Crippen LogP contribution is -2.14. The lowest BCUT2D eigenvalue weighted by atomic mass is 10.0. The van der Waals surface area contributed by atoms with Crippen molar-refractivity contribution in [3.8, 4) is 11.5 Å². The van der Waals surface area contributed by atoms with Gasteiger partial charge in [0.2, 0.25) is 0 Å². The Morgan fingerprint density at radius 1 is 0.958 bits per heavy atom. The molecule has 3 nitrogen and oxygen atoms in total. The Morgan fingerprint density at radius 2 is 1.54 bits per heavy atom. The lowest BCUT2D eigenvalue weighted by Gasteiger charge is -2.12. The van der Waals surface area contributed by atoms with Gasteiger partial charge in [-0.05, 0) is 24.6 Å². The minimum Gasteiger partial charge on any atom is -0.493 e. The van der Waals surface area contributed by atoms with E-state index >= 15 is 0 Å². The second kappa shape index (κ2) is 12.3. The maximum atomic E-state index is 12.5. The molecule has 1 aromatic carbocycles. The summed E-state index contributed by atoms with van der Waals surface area (Å²) in [6, 6.07) is 5.33.